The zero-order valence-electron chi connectivity index (χ0n) is 10.2. The summed E-state index contributed by atoms with van der Waals surface area (Å²) in [6.07, 6.45) is 4.42. The summed E-state index contributed by atoms with van der Waals surface area (Å²) >= 11 is 0. The average molecular weight is 226 g/mol. The SMILES string of the molecule is CC1CC(c2cc3ccccc3cn2)CCN1. The minimum atomic E-state index is 0.613. The maximum Gasteiger partial charge on any atom is 0.0442 e. The second-order valence-corrected chi connectivity index (χ2v) is 5.03. The van der Waals surface area contributed by atoms with E-state index in [9.17, 15) is 0 Å². The van der Waals surface area contributed by atoms with Crippen LogP contribution in [0.1, 0.15) is 31.4 Å². The molecule has 1 aromatic heterocycles. The van der Waals surface area contributed by atoms with Crippen LogP contribution in [0.2, 0.25) is 0 Å². The number of aromatic nitrogens is 1. The van der Waals surface area contributed by atoms with Gasteiger partial charge in [0.1, 0.15) is 0 Å². The smallest absolute Gasteiger partial charge is 0.0442 e. The molecule has 1 fully saturated rings. The van der Waals surface area contributed by atoms with Crippen LogP contribution >= 0.6 is 0 Å². The number of nitrogens with zero attached hydrogens (tertiary/aromatic N) is 1. The van der Waals surface area contributed by atoms with Crippen LogP contribution in [-0.2, 0) is 0 Å². The molecule has 2 heterocycles. The van der Waals surface area contributed by atoms with Gasteiger partial charge in [-0.05, 0) is 37.8 Å². The fourth-order valence-electron chi connectivity index (χ4n) is 2.72. The van der Waals surface area contributed by atoms with Crippen LogP contribution in [0.5, 0.6) is 0 Å². The lowest BCUT2D eigenvalue weighted by Gasteiger charge is -2.27. The zero-order chi connectivity index (χ0) is 11.7. The highest BCUT2D eigenvalue weighted by Gasteiger charge is 2.20. The lowest BCUT2D eigenvalue weighted by molar-refractivity contribution is 0.377. The number of fused-ring (bicyclic) bond motifs is 1. The van der Waals surface area contributed by atoms with Crippen molar-refractivity contribution in [1.29, 1.82) is 0 Å². The summed E-state index contributed by atoms with van der Waals surface area (Å²) in [5.74, 6) is 0.621. The predicted octanol–water partition coefficient (Wildman–Crippen LogP) is 3.09. The molecule has 17 heavy (non-hydrogen) atoms. The molecule has 88 valence electrons. The molecule has 0 bridgehead atoms. The Labute approximate surface area is 102 Å². The van der Waals surface area contributed by atoms with Crippen LogP contribution in [0, 0.1) is 0 Å². The van der Waals surface area contributed by atoms with Crippen molar-refractivity contribution in [2.75, 3.05) is 6.54 Å². The van der Waals surface area contributed by atoms with Crippen molar-refractivity contribution < 1.29 is 0 Å². The van der Waals surface area contributed by atoms with Gasteiger partial charge in [-0.2, -0.15) is 0 Å². The van der Waals surface area contributed by atoms with E-state index in [-0.39, 0.29) is 0 Å². The molecule has 0 saturated carbocycles. The fourth-order valence-corrected chi connectivity index (χ4v) is 2.72. The van der Waals surface area contributed by atoms with E-state index in [1.165, 1.54) is 29.3 Å². The topological polar surface area (TPSA) is 24.9 Å². The molecule has 1 aliphatic rings. The zero-order valence-corrected chi connectivity index (χ0v) is 10.2. The Morgan fingerprint density at radius 2 is 2.06 bits per heavy atom. The molecule has 0 radical (unpaired) electrons. The molecule has 2 unspecified atom stereocenters. The summed E-state index contributed by atoms with van der Waals surface area (Å²) in [6.45, 7) is 3.37. The molecule has 2 nitrogen and oxygen atoms in total. The first-order chi connectivity index (χ1) is 8.33. The highest BCUT2D eigenvalue weighted by molar-refractivity contribution is 5.81. The van der Waals surface area contributed by atoms with Crippen molar-refractivity contribution >= 4 is 10.8 Å². The van der Waals surface area contributed by atoms with Gasteiger partial charge in [0.25, 0.3) is 0 Å². The van der Waals surface area contributed by atoms with Gasteiger partial charge < -0.3 is 5.32 Å². The second-order valence-electron chi connectivity index (χ2n) is 5.03. The van der Waals surface area contributed by atoms with E-state index in [0.29, 0.717) is 12.0 Å². The van der Waals surface area contributed by atoms with Gasteiger partial charge in [0, 0.05) is 29.2 Å². The van der Waals surface area contributed by atoms with E-state index in [1.54, 1.807) is 0 Å². The van der Waals surface area contributed by atoms with Gasteiger partial charge in [-0.25, -0.2) is 0 Å². The van der Waals surface area contributed by atoms with Crippen LogP contribution in [0.3, 0.4) is 0 Å². The van der Waals surface area contributed by atoms with Crippen molar-refractivity contribution in [3.8, 4) is 0 Å². The van der Waals surface area contributed by atoms with Crippen molar-refractivity contribution in [2.24, 2.45) is 0 Å². The third kappa shape index (κ3) is 2.18. The Morgan fingerprint density at radius 1 is 1.24 bits per heavy atom. The quantitative estimate of drug-likeness (QED) is 0.808. The van der Waals surface area contributed by atoms with Gasteiger partial charge in [-0.1, -0.05) is 24.3 Å². The number of pyridine rings is 1. The van der Waals surface area contributed by atoms with Crippen molar-refractivity contribution in [1.82, 2.24) is 10.3 Å². The molecule has 1 saturated heterocycles. The van der Waals surface area contributed by atoms with E-state index in [1.807, 2.05) is 6.20 Å². The Balaban J connectivity index is 1.94. The Bertz CT molecular complexity index is 521. The lowest BCUT2D eigenvalue weighted by Crippen LogP contribution is -2.35. The number of hydrogen-bond donors (Lipinski definition) is 1. The molecule has 0 amide bonds. The van der Waals surface area contributed by atoms with Gasteiger partial charge in [-0.15, -0.1) is 0 Å². The Morgan fingerprint density at radius 3 is 2.88 bits per heavy atom. The Hall–Kier alpha value is -1.41. The maximum atomic E-state index is 4.64. The summed E-state index contributed by atoms with van der Waals surface area (Å²) in [7, 11) is 0. The highest BCUT2D eigenvalue weighted by Crippen LogP contribution is 2.27. The van der Waals surface area contributed by atoms with E-state index in [0.717, 1.165) is 6.54 Å². The summed E-state index contributed by atoms with van der Waals surface area (Å²) in [5.41, 5.74) is 1.26. The van der Waals surface area contributed by atoms with E-state index < -0.39 is 0 Å². The van der Waals surface area contributed by atoms with Gasteiger partial charge in [-0.3, -0.25) is 4.98 Å². The lowest BCUT2D eigenvalue weighted by atomic mass is 9.89. The molecular weight excluding hydrogens is 208 g/mol. The first-order valence-electron chi connectivity index (χ1n) is 6.41. The number of nitrogens with one attached hydrogen (secondary N) is 1. The summed E-state index contributed by atoms with van der Waals surface area (Å²) in [5, 5.41) is 6.03. The molecule has 0 aliphatic carbocycles. The molecule has 2 heteroatoms. The predicted molar refractivity (Wildman–Crippen MR) is 71.2 cm³/mol. The van der Waals surface area contributed by atoms with E-state index in [2.05, 4.69) is 47.6 Å². The van der Waals surface area contributed by atoms with Crippen molar-refractivity contribution in [2.45, 2.75) is 31.7 Å². The summed E-state index contributed by atoms with van der Waals surface area (Å²) < 4.78 is 0. The highest BCUT2D eigenvalue weighted by atomic mass is 14.9. The van der Waals surface area contributed by atoms with Crippen LogP contribution in [0.15, 0.2) is 36.5 Å². The van der Waals surface area contributed by atoms with Crippen LogP contribution in [0.25, 0.3) is 10.8 Å². The average Bonchev–Trinajstić information content (AvgIpc) is 2.38. The fraction of sp³-hybridized carbons (Fsp3) is 0.400. The normalized spacial score (nSPS) is 25.0. The first kappa shape index (κ1) is 10.7. The maximum absolute atomic E-state index is 4.64. The molecule has 1 aromatic carbocycles. The van der Waals surface area contributed by atoms with Gasteiger partial charge in [0.2, 0.25) is 0 Å². The molecule has 2 atom stereocenters. The molecule has 2 aromatic rings. The number of hydrogen-bond acceptors (Lipinski definition) is 2. The van der Waals surface area contributed by atoms with Crippen LogP contribution < -0.4 is 5.32 Å². The van der Waals surface area contributed by atoms with Gasteiger partial charge >= 0.3 is 0 Å². The second kappa shape index (κ2) is 4.46. The molecule has 1 N–H and O–H groups in total. The van der Waals surface area contributed by atoms with Gasteiger partial charge in [0.15, 0.2) is 0 Å². The molecule has 0 spiro atoms. The summed E-state index contributed by atoms with van der Waals surface area (Å²) in [4.78, 5) is 4.64. The van der Waals surface area contributed by atoms with Crippen LogP contribution in [-0.4, -0.2) is 17.6 Å². The molecular formula is C15H18N2. The van der Waals surface area contributed by atoms with Gasteiger partial charge in [0.05, 0.1) is 0 Å². The van der Waals surface area contributed by atoms with E-state index >= 15 is 0 Å². The standard InChI is InChI=1S/C15H18N2/c1-11-8-13(6-7-16-11)15-9-12-4-2-3-5-14(12)10-17-15/h2-5,9-11,13,16H,6-8H2,1H3. The molecule has 1 aliphatic heterocycles. The number of benzene rings is 1. The minimum absolute atomic E-state index is 0.613. The Kier molecular flexibility index (Phi) is 2.81. The third-order valence-corrected chi connectivity index (χ3v) is 3.69. The van der Waals surface area contributed by atoms with Crippen molar-refractivity contribution in [3.63, 3.8) is 0 Å². The van der Waals surface area contributed by atoms with E-state index in [4.69, 9.17) is 0 Å². The number of piperidine rings is 1. The van der Waals surface area contributed by atoms with Crippen LogP contribution in [0.4, 0.5) is 0 Å². The third-order valence-electron chi connectivity index (χ3n) is 3.69. The van der Waals surface area contributed by atoms with Crippen molar-refractivity contribution in [3.05, 3.63) is 42.2 Å². The molecule has 3 rings (SSSR count). The largest absolute Gasteiger partial charge is 0.314 e. The monoisotopic (exact) mass is 226 g/mol. The first-order valence-corrected chi connectivity index (χ1v) is 6.41. The summed E-state index contributed by atoms with van der Waals surface area (Å²) in [6, 6.07) is 11.3. The number of rotatable bonds is 1. The minimum Gasteiger partial charge on any atom is -0.314 e.